The highest BCUT2D eigenvalue weighted by atomic mass is 16.5. The first-order valence-corrected chi connectivity index (χ1v) is 6.09. The fraction of sp³-hybridized carbons (Fsp3) is 0.833. The lowest BCUT2D eigenvalue weighted by atomic mass is 9.78. The van der Waals surface area contributed by atoms with E-state index >= 15 is 0 Å². The summed E-state index contributed by atoms with van der Waals surface area (Å²) in [6.07, 6.45) is 3.34. The second kappa shape index (κ2) is 6.59. The van der Waals surface area contributed by atoms with Gasteiger partial charge in [0.05, 0.1) is 0 Å². The largest absolute Gasteiger partial charge is 0.480 e. The summed E-state index contributed by atoms with van der Waals surface area (Å²) >= 11 is 0. The number of carbonyl (C=O) groups excluding carboxylic acids is 1. The highest BCUT2D eigenvalue weighted by molar-refractivity contribution is 5.78. The summed E-state index contributed by atoms with van der Waals surface area (Å²) in [4.78, 5) is 21.7. The molecule has 5 heteroatoms. The van der Waals surface area contributed by atoms with Crippen LogP contribution in [0.5, 0.6) is 0 Å². The number of ether oxygens (including phenoxy) is 1. The SMILES string of the molecule is CC1CCCC(NC(=O)COCC(=O)O)C1C. The Balaban J connectivity index is 2.27. The van der Waals surface area contributed by atoms with Crippen molar-refractivity contribution in [3.8, 4) is 0 Å². The Labute approximate surface area is 102 Å². The monoisotopic (exact) mass is 243 g/mol. The lowest BCUT2D eigenvalue weighted by Crippen LogP contribution is -2.45. The first-order chi connectivity index (χ1) is 8.00. The minimum Gasteiger partial charge on any atom is -0.480 e. The fourth-order valence-electron chi connectivity index (χ4n) is 2.27. The molecule has 2 N–H and O–H groups in total. The van der Waals surface area contributed by atoms with Crippen molar-refractivity contribution < 1.29 is 19.4 Å². The third kappa shape index (κ3) is 4.73. The quantitative estimate of drug-likeness (QED) is 0.756. The van der Waals surface area contributed by atoms with Crippen LogP contribution in [0.1, 0.15) is 33.1 Å². The van der Waals surface area contributed by atoms with Gasteiger partial charge in [-0.15, -0.1) is 0 Å². The predicted molar refractivity (Wildman–Crippen MR) is 62.6 cm³/mol. The molecule has 1 amide bonds. The average molecular weight is 243 g/mol. The third-order valence-corrected chi connectivity index (χ3v) is 3.51. The number of carboxylic acids is 1. The van der Waals surface area contributed by atoms with E-state index in [1.54, 1.807) is 0 Å². The number of aliphatic carboxylic acids is 1. The van der Waals surface area contributed by atoms with Gasteiger partial charge in [0.15, 0.2) is 0 Å². The van der Waals surface area contributed by atoms with E-state index in [4.69, 9.17) is 9.84 Å². The van der Waals surface area contributed by atoms with Crippen molar-refractivity contribution in [1.82, 2.24) is 5.32 Å². The first kappa shape index (κ1) is 14.0. The van der Waals surface area contributed by atoms with Gasteiger partial charge in [-0.1, -0.05) is 26.7 Å². The molecule has 0 bridgehead atoms. The summed E-state index contributed by atoms with van der Waals surface area (Å²) < 4.78 is 4.75. The van der Waals surface area contributed by atoms with E-state index in [1.165, 1.54) is 6.42 Å². The van der Waals surface area contributed by atoms with Gasteiger partial charge in [-0.05, 0) is 18.3 Å². The molecule has 3 atom stereocenters. The molecule has 98 valence electrons. The Kier molecular flexibility index (Phi) is 5.41. The van der Waals surface area contributed by atoms with Crippen LogP contribution in [0.25, 0.3) is 0 Å². The van der Waals surface area contributed by atoms with Gasteiger partial charge in [0, 0.05) is 6.04 Å². The number of amides is 1. The van der Waals surface area contributed by atoms with Crippen LogP contribution in [0.3, 0.4) is 0 Å². The molecule has 0 aromatic heterocycles. The predicted octanol–water partition coefficient (Wildman–Crippen LogP) is 1.03. The molecule has 1 aliphatic carbocycles. The number of hydrogen-bond acceptors (Lipinski definition) is 3. The number of carboxylic acid groups (broad SMARTS) is 1. The van der Waals surface area contributed by atoms with Crippen LogP contribution in [-0.2, 0) is 14.3 Å². The van der Waals surface area contributed by atoms with Crippen molar-refractivity contribution in [3.63, 3.8) is 0 Å². The van der Waals surface area contributed by atoms with Gasteiger partial charge in [-0.3, -0.25) is 4.79 Å². The molecule has 0 aromatic carbocycles. The highest BCUT2D eigenvalue weighted by Gasteiger charge is 2.27. The van der Waals surface area contributed by atoms with Gasteiger partial charge in [0.25, 0.3) is 0 Å². The minimum atomic E-state index is -1.06. The van der Waals surface area contributed by atoms with Crippen LogP contribution in [0.15, 0.2) is 0 Å². The molecule has 3 unspecified atom stereocenters. The van der Waals surface area contributed by atoms with Crippen LogP contribution in [-0.4, -0.2) is 36.2 Å². The van der Waals surface area contributed by atoms with E-state index in [0.29, 0.717) is 11.8 Å². The molecule has 1 rings (SSSR count). The molecule has 0 aromatic rings. The van der Waals surface area contributed by atoms with E-state index in [9.17, 15) is 9.59 Å². The van der Waals surface area contributed by atoms with Crippen molar-refractivity contribution in [3.05, 3.63) is 0 Å². The molecule has 0 spiro atoms. The van der Waals surface area contributed by atoms with Gasteiger partial charge in [0.2, 0.25) is 5.91 Å². The standard InChI is InChI=1S/C12H21NO4/c1-8-4-3-5-10(9(8)2)13-11(14)6-17-7-12(15)16/h8-10H,3-7H2,1-2H3,(H,13,14)(H,15,16). The van der Waals surface area contributed by atoms with Crippen molar-refractivity contribution in [2.45, 2.75) is 39.2 Å². The molecule has 1 fully saturated rings. The third-order valence-electron chi connectivity index (χ3n) is 3.51. The highest BCUT2D eigenvalue weighted by Crippen LogP contribution is 2.29. The van der Waals surface area contributed by atoms with Crippen LogP contribution >= 0.6 is 0 Å². The van der Waals surface area contributed by atoms with Crippen LogP contribution in [0.4, 0.5) is 0 Å². The normalized spacial score (nSPS) is 28.7. The van der Waals surface area contributed by atoms with Gasteiger partial charge < -0.3 is 15.2 Å². The molecule has 0 radical (unpaired) electrons. The van der Waals surface area contributed by atoms with Gasteiger partial charge in [-0.2, -0.15) is 0 Å². The Morgan fingerprint density at radius 3 is 2.65 bits per heavy atom. The molecule has 5 nitrogen and oxygen atoms in total. The number of nitrogens with one attached hydrogen (secondary N) is 1. The first-order valence-electron chi connectivity index (χ1n) is 6.09. The summed E-state index contributed by atoms with van der Waals surface area (Å²) in [6.45, 7) is 3.74. The second-order valence-electron chi connectivity index (χ2n) is 4.83. The maximum absolute atomic E-state index is 11.5. The zero-order valence-electron chi connectivity index (χ0n) is 10.4. The molecular weight excluding hydrogens is 222 g/mol. The summed E-state index contributed by atoms with van der Waals surface area (Å²) in [5.74, 6) is -0.198. The summed E-state index contributed by atoms with van der Waals surface area (Å²) in [6, 6.07) is 0.194. The Bertz CT molecular complexity index is 280. The minimum absolute atomic E-state index is 0.177. The topological polar surface area (TPSA) is 75.6 Å². The van der Waals surface area contributed by atoms with Crippen LogP contribution in [0, 0.1) is 11.8 Å². The molecule has 1 saturated carbocycles. The molecule has 0 aliphatic heterocycles. The molecule has 17 heavy (non-hydrogen) atoms. The molecular formula is C12H21NO4. The van der Waals surface area contributed by atoms with Crippen molar-refractivity contribution in [2.24, 2.45) is 11.8 Å². The van der Waals surface area contributed by atoms with E-state index in [0.717, 1.165) is 12.8 Å². The zero-order valence-corrected chi connectivity index (χ0v) is 10.4. The lowest BCUT2D eigenvalue weighted by Gasteiger charge is -2.34. The van der Waals surface area contributed by atoms with Crippen LogP contribution in [0.2, 0.25) is 0 Å². The molecule has 0 heterocycles. The van der Waals surface area contributed by atoms with E-state index < -0.39 is 12.6 Å². The van der Waals surface area contributed by atoms with Crippen molar-refractivity contribution in [1.29, 1.82) is 0 Å². The smallest absolute Gasteiger partial charge is 0.329 e. The lowest BCUT2D eigenvalue weighted by molar-refractivity contribution is -0.143. The molecule has 1 aliphatic rings. The number of hydrogen-bond donors (Lipinski definition) is 2. The molecule has 0 saturated heterocycles. The van der Waals surface area contributed by atoms with Crippen LogP contribution < -0.4 is 5.32 Å². The van der Waals surface area contributed by atoms with Crippen molar-refractivity contribution in [2.75, 3.05) is 13.2 Å². The second-order valence-corrected chi connectivity index (χ2v) is 4.83. The van der Waals surface area contributed by atoms with E-state index in [-0.39, 0.29) is 18.6 Å². The maximum atomic E-state index is 11.5. The number of rotatable bonds is 5. The Hall–Kier alpha value is -1.10. The zero-order chi connectivity index (χ0) is 12.8. The van der Waals surface area contributed by atoms with Gasteiger partial charge in [-0.25, -0.2) is 4.79 Å². The van der Waals surface area contributed by atoms with Gasteiger partial charge >= 0.3 is 5.97 Å². The fourth-order valence-corrected chi connectivity index (χ4v) is 2.27. The number of carbonyl (C=O) groups is 2. The maximum Gasteiger partial charge on any atom is 0.329 e. The van der Waals surface area contributed by atoms with Gasteiger partial charge in [0.1, 0.15) is 13.2 Å². The summed E-state index contributed by atoms with van der Waals surface area (Å²) in [5.41, 5.74) is 0. The van der Waals surface area contributed by atoms with E-state index in [2.05, 4.69) is 19.2 Å². The van der Waals surface area contributed by atoms with E-state index in [1.807, 2.05) is 0 Å². The Morgan fingerprint density at radius 2 is 2.00 bits per heavy atom. The average Bonchev–Trinajstić information content (AvgIpc) is 2.24. The van der Waals surface area contributed by atoms with Crippen molar-refractivity contribution >= 4 is 11.9 Å². The summed E-state index contributed by atoms with van der Waals surface area (Å²) in [5, 5.41) is 11.3. The summed E-state index contributed by atoms with van der Waals surface area (Å²) in [7, 11) is 0. The Morgan fingerprint density at radius 1 is 1.29 bits per heavy atom.